The van der Waals surface area contributed by atoms with E-state index in [1.54, 1.807) is 11.3 Å². The van der Waals surface area contributed by atoms with Gasteiger partial charge in [-0.15, -0.1) is 11.3 Å². The molecule has 0 aliphatic rings. The number of benzene rings is 1. The van der Waals surface area contributed by atoms with Gasteiger partial charge in [0.2, 0.25) is 5.24 Å². The third-order valence-electron chi connectivity index (χ3n) is 2.75. The van der Waals surface area contributed by atoms with Gasteiger partial charge >= 0.3 is 0 Å². The van der Waals surface area contributed by atoms with Crippen LogP contribution in [0.3, 0.4) is 0 Å². The summed E-state index contributed by atoms with van der Waals surface area (Å²) in [6.45, 7) is 4.03. The van der Waals surface area contributed by atoms with E-state index in [1.807, 2.05) is 19.9 Å². The van der Waals surface area contributed by atoms with Gasteiger partial charge in [0.15, 0.2) is 0 Å². The van der Waals surface area contributed by atoms with Crippen LogP contribution in [0.15, 0.2) is 29.6 Å². The van der Waals surface area contributed by atoms with E-state index in [2.05, 4.69) is 23.6 Å². The molecule has 1 nitrogen and oxygen atoms in total. The van der Waals surface area contributed by atoms with E-state index in [-0.39, 0.29) is 17.1 Å². The summed E-state index contributed by atoms with van der Waals surface area (Å²) in [5.41, 5.74) is 1.01. The first-order chi connectivity index (χ1) is 7.59. The highest BCUT2D eigenvalue weighted by molar-refractivity contribution is 7.17. The summed E-state index contributed by atoms with van der Waals surface area (Å²) in [6, 6.07) is 8.20. The highest BCUT2D eigenvalue weighted by atomic mass is 35.5. The molecule has 0 aliphatic heterocycles. The largest absolute Gasteiger partial charge is 0.281 e. The number of rotatable bonds is 3. The maximum Gasteiger partial charge on any atom is 0.229 e. The third kappa shape index (κ3) is 2.13. The highest BCUT2D eigenvalue weighted by Gasteiger charge is 2.22. The number of hydrogen-bond acceptors (Lipinski definition) is 2. The zero-order valence-corrected chi connectivity index (χ0v) is 10.8. The first-order valence-corrected chi connectivity index (χ1v) is 6.52. The van der Waals surface area contributed by atoms with Crippen molar-refractivity contribution in [3.05, 3.63) is 35.2 Å². The fourth-order valence-electron chi connectivity index (χ4n) is 1.96. The molecule has 0 spiro atoms. The van der Waals surface area contributed by atoms with Crippen LogP contribution in [-0.4, -0.2) is 5.24 Å². The molecule has 84 valence electrons. The first-order valence-electron chi connectivity index (χ1n) is 5.26. The average molecular weight is 253 g/mol. The predicted octanol–water partition coefficient (Wildman–Crippen LogP) is 4.41. The quantitative estimate of drug-likeness (QED) is 0.740. The minimum atomic E-state index is -0.274. The summed E-state index contributed by atoms with van der Waals surface area (Å²) in [7, 11) is 0. The van der Waals surface area contributed by atoms with E-state index in [0.29, 0.717) is 0 Å². The Hall–Kier alpha value is -0.860. The molecule has 0 saturated heterocycles. The fourth-order valence-corrected chi connectivity index (χ4v) is 3.11. The van der Waals surface area contributed by atoms with Gasteiger partial charge in [-0.1, -0.05) is 19.9 Å². The molecular weight excluding hydrogens is 240 g/mol. The molecule has 0 amide bonds. The van der Waals surface area contributed by atoms with Gasteiger partial charge in [0.25, 0.3) is 0 Å². The zero-order chi connectivity index (χ0) is 11.7. The van der Waals surface area contributed by atoms with Gasteiger partial charge < -0.3 is 0 Å². The molecule has 3 heteroatoms. The molecule has 0 N–H and O–H groups in total. The van der Waals surface area contributed by atoms with Crippen molar-refractivity contribution < 1.29 is 4.79 Å². The molecule has 1 atom stereocenters. The zero-order valence-electron chi connectivity index (χ0n) is 9.24. The number of thiophene rings is 1. The predicted molar refractivity (Wildman–Crippen MR) is 70.3 cm³/mol. The van der Waals surface area contributed by atoms with Crippen molar-refractivity contribution in [3.8, 4) is 0 Å². The van der Waals surface area contributed by atoms with Crippen LogP contribution >= 0.6 is 22.9 Å². The van der Waals surface area contributed by atoms with Crippen LogP contribution in [0.4, 0.5) is 0 Å². The van der Waals surface area contributed by atoms with Crippen LogP contribution in [-0.2, 0) is 4.79 Å². The van der Waals surface area contributed by atoms with E-state index in [4.69, 9.17) is 11.6 Å². The Balaban J connectivity index is 2.48. The third-order valence-corrected chi connectivity index (χ3v) is 3.88. The van der Waals surface area contributed by atoms with Gasteiger partial charge in [-0.3, -0.25) is 4.79 Å². The second-order valence-electron chi connectivity index (χ2n) is 4.24. The van der Waals surface area contributed by atoms with Crippen LogP contribution < -0.4 is 0 Å². The molecular formula is C13H13ClOS. The number of fused-ring (bicyclic) bond motifs is 1. The molecule has 2 aromatic rings. The Labute approximate surface area is 104 Å². The van der Waals surface area contributed by atoms with Gasteiger partial charge in [0.05, 0.1) is 5.92 Å². The molecule has 16 heavy (non-hydrogen) atoms. The molecule has 0 aliphatic carbocycles. The van der Waals surface area contributed by atoms with Gasteiger partial charge in [0.1, 0.15) is 0 Å². The summed E-state index contributed by atoms with van der Waals surface area (Å²) in [6.07, 6.45) is 0. The topological polar surface area (TPSA) is 17.1 Å². The fraction of sp³-hybridized carbons (Fsp3) is 0.308. The minimum Gasteiger partial charge on any atom is -0.281 e. The molecule has 1 aromatic heterocycles. The SMILES string of the molecule is CC(C)C(C(=O)Cl)c1ccc2sccc2c1. The summed E-state index contributed by atoms with van der Waals surface area (Å²) in [5, 5.41) is 2.97. The van der Waals surface area contributed by atoms with Gasteiger partial charge in [-0.2, -0.15) is 0 Å². The lowest BCUT2D eigenvalue weighted by atomic mass is 9.89. The molecule has 1 unspecified atom stereocenters. The molecule has 1 aromatic carbocycles. The summed E-state index contributed by atoms with van der Waals surface area (Å²) in [5.74, 6) is 0.0204. The molecule has 1 heterocycles. The molecule has 0 bridgehead atoms. The summed E-state index contributed by atoms with van der Waals surface area (Å²) < 4.78 is 1.24. The van der Waals surface area contributed by atoms with E-state index >= 15 is 0 Å². The Morgan fingerprint density at radius 1 is 1.31 bits per heavy atom. The van der Waals surface area contributed by atoms with Gasteiger partial charge in [-0.05, 0) is 52.0 Å². The maximum absolute atomic E-state index is 11.4. The Bertz CT molecular complexity index is 515. The van der Waals surface area contributed by atoms with Crippen molar-refractivity contribution in [3.63, 3.8) is 0 Å². The van der Waals surface area contributed by atoms with Crippen molar-refractivity contribution in [1.82, 2.24) is 0 Å². The van der Waals surface area contributed by atoms with Crippen molar-refractivity contribution in [2.75, 3.05) is 0 Å². The van der Waals surface area contributed by atoms with Crippen molar-refractivity contribution in [2.24, 2.45) is 5.92 Å². The lowest BCUT2D eigenvalue weighted by Gasteiger charge is -2.16. The van der Waals surface area contributed by atoms with E-state index in [0.717, 1.165) is 5.56 Å². The van der Waals surface area contributed by atoms with E-state index < -0.39 is 0 Å². The van der Waals surface area contributed by atoms with Crippen LogP contribution in [0.1, 0.15) is 25.3 Å². The summed E-state index contributed by atoms with van der Waals surface area (Å²) in [4.78, 5) is 11.4. The number of carbonyl (C=O) groups is 1. The Morgan fingerprint density at radius 2 is 2.06 bits per heavy atom. The lowest BCUT2D eigenvalue weighted by molar-refractivity contribution is -0.113. The second kappa shape index (κ2) is 4.56. The van der Waals surface area contributed by atoms with Crippen LogP contribution in [0, 0.1) is 5.92 Å². The second-order valence-corrected chi connectivity index (χ2v) is 5.56. The van der Waals surface area contributed by atoms with Crippen LogP contribution in [0.2, 0.25) is 0 Å². The van der Waals surface area contributed by atoms with E-state index in [9.17, 15) is 4.79 Å². The minimum absolute atomic E-state index is 0.203. The monoisotopic (exact) mass is 252 g/mol. The van der Waals surface area contributed by atoms with Gasteiger partial charge in [0, 0.05) is 4.70 Å². The number of hydrogen-bond donors (Lipinski definition) is 0. The van der Waals surface area contributed by atoms with E-state index in [1.165, 1.54) is 10.1 Å². The Morgan fingerprint density at radius 3 is 2.69 bits per heavy atom. The Kier molecular flexibility index (Phi) is 3.31. The number of halogens is 1. The lowest BCUT2D eigenvalue weighted by Crippen LogP contribution is -2.13. The van der Waals surface area contributed by atoms with Crippen molar-refractivity contribution in [1.29, 1.82) is 0 Å². The van der Waals surface area contributed by atoms with Crippen LogP contribution in [0.25, 0.3) is 10.1 Å². The van der Waals surface area contributed by atoms with Gasteiger partial charge in [-0.25, -0.2) is 0 Å². The number of carbonyl (C=O) groups excluding carboxylic acids is 1. The molecule has 2 rings (SSSR count). The first kappa shape index (κ1) is 11.6. The maximum atomic E-state index is 11.4. The average Bonchev–Trinajstić information content (AvgIpc) is 2.63. The smallest absolute Gasteiger partial charge is 0.229 e. The van der Waals surface area contributed by atoms with Crippen molar-refractivity contribution in [2.45, 2.75) is 19.8 Å². The molecule has 0 radical (unpaired) electrons. The van der Waals surface area contributed by atoms with Crippen LogP contribution in [0.5, 0.6) is 0 Å². The normalized spacial score (nSPS) is 13.2. The molecule has 0 saturated carbocycles. The standard InChI is InChI=1S/C13H13ClOS/c1-8(2)12(13(14)15)10-3-4-11-9(7-10)5-6-16-11/h3-8,12H,1-2H3. The van der Waals surface area contributed by atoms with Crippen molar-refractivity contribution >= 4 is 38.3 Å². The summed E-state index contributed by atoms with van der Waals surface area (Å²) >= 11 is 7.37. The highest BCUT2D eigenvalue weighted by Crippen LogP contribution is 2.30. The molecule has 0 fully saturated rings.